The summed E-state index contributed by atoms with van der Waals surface area (Å²) in [6, 6.07) is 6.01. The monoisotopic (exact) mass is 235 g/mol. The first-order valence-electron chi connectivity index (χ1n) is 4.83. The molecule has 0 aromatic heterocycles. The number of amidine groups is 1. The minimum Gasteiger partial charge on any atom is -0.465 e. The molecule has 1 aromatic rings. The second kappa shape index (κ2) is 5.64. The van der Waals surface area contributed by atoms with Crippen LogP contribution in [0.1, 0.15) is 27.6 Å². The van der Waals surface area contributed by atoms with E-state index in [-0.39, 0.29) is 5.84 Å². The number of esters is 1. The summed E-state index contributed by atoms with van der Waals surface area (Å²) in [6.07, 6.45) is 0. The van der Waals surface area contributed by atoms with E-state index in [4.69, 9.17) is 5.73 Å². The normalized spacial score (nSPS) is 10.8. The molecule has 0 bridgehead atoms. The number of hydrazone groups is 1. The molecule has 0 saturated carbocycles. The lowest BCUT2D eigenvalue weighted by Crippen LogP contribution is -2.21. The second-order valence-corrected chi connectivity index (χ2v) is 3.26. The average Bonchev–Trinajstić information content (AvgIpc) is 2.35. The molecule has 0 fully saturated rings. The number of hydrogen-bond acceptors (Lipinski definition) is 4. The highest BCUT2D eigenvalue weighted by Crippen LogP contribution is 2.05. The lowest BCUT2D eigenvalue weighted by molar-refractivity contribution is 0.0600. The lowest BCUT2D eigenvalue weighted by atomic mass is 10.1. The summed E-state index contributed by atoms with van der Waals surface area (Å²) in [5.74, 6) is -0.594. The van der Waals surface area contributed by atoms with Crippen LogP contribution in [0.4, 0.5) is 0 Å². The topological polar surface area (TPSA) is 93.8 Å². The van der Waals surface area contributed by atoms with Gasteiger partial charge in [-0.25, -0.2) is 10.2 Å². The van der Waals surface area contributed by atoms with Crippen molar-refractivity contribution < 1.29 is 14.3 Å². The van der Waals surface area contributed by atoms with Gasteiger partial charge in [0.05, 0.1) is 12.7 Å². The van der Waals surface area contributed by atoms with Crippen LogP contribution in [-0.4, -0.2) is 24.8 Å². The Labute approximate surface area is 98.4 Å². The van der Waals surface area contributed by atoms with E-state index in [1.807, 2.05) is 0 Å². The fourth-order valence-corrected chi connectivity index (χ4v) is 1.08. The van der Waals surface area contributed by atoms with Crippen molar-refractivity contribution >= 4 is 17.7 Å². The number of nitrogens with one attached hydrogen (secondary N) is 1. The van der Waals surface area contributed by atoms with Gasteiger partial charge in [-0.15, -0.1) is 0 Å². The minimum atomic E-state index is -0.451. The summed E-state index contributed by atoms with van der Waals surface area (Å²) >= 11 is 0. The summed E-state index contributed by atoms with van der Waals surface area (Å²) < 4.78 is 4.54. The molecule has 0 unspecified atom stereocenters. The number of carbonyl (C=O) groups is 2. The smallest absolute Gasteiger partial charge is 0.337 e. The first-order chi connectivity index (χ1) is 8.04. The highest BCUT2D eigenvalue weighted by atomic mass is 16.5. The quantitative estimate of drug-likeness (QED) is 0.345. The van der Waals surface area contributed by atoms with Gasteiger partial charge in [-0.3, -0.25) is 4.79 Å². The van der Waals surface area contributed by atoms with Gasteiger partial charge >= 0.3 is 5.97 Å². The Morgan fingerprint density at radius 2 is 1.76 bits per heavy atom. The van der Waals surface area contributed by atoms with E-state index in [1.54, 1.807) is 6.92 Å². The molecule has 1 aromatic carbocycles. The molecule has 17 heavy (non-hydrogen) atoms. The summed E-state index contributed by atoms with van der Waals surface area (Å²) in [6.45, 7) is 1.56. The molecule has 3 N–H and O–H groups in total. The maximum absolute atomic E-state index is 11.5. The van der Waals surface area contributed by atoms with Crippen molar-refractivity contribution in [1.29, 1.82) is 0 Å². The molecule has 1 rings (SSSR count). The van der Waals surface area contributed by atoms with Crippen molar-refractivity contribution in [3.05, 3.63) is 35.4 Å². The summed E-state index contributed by atoms with van der Waals surface area (Å²) in [7, 11) is 1.29. The maximum atomic E-state index is 11.5. The SMILES string of the molecule is COC(=O)c1ccc(C(=O)N/N=C(/C)N)cc1. The Bertz CT molecular complexity index is 448. The summed E-state index contributed by atoms with van der Waals surface area (Å²) in [5.41, 5.74) is 8.30. The van der Waals surface area contributed by atoms with E-state index >= 15 is 0 Å². The molecule has 0 aliphatic carbocycles. The van der Waals surface area contributed by atoms with Crippen LogP contribution >= 0.6 is 0 Å². The molecular weight excluding hydrogens is 222 g/mol. The molecule has 0 aliphatic rings. The third-order valence-corrected chi connectivity index (χ3v) is 1.90. The summed E-state index contributed by atoms with van der Waals surface area (Å²) in [5, 5.41) is 3.58. The number of nitrogens with two attached hydrogens (primary N) is 1. The van der Waals surface area contributed by atoms with Gasteiger partial charge in [0.2, 0.25) is 0 Å². The van der Waals surface area contributed by atoms with Crippen LogP contribution in [0.3, 0.4) is 0 Å². The zero-order valence-corrected chi connectivity index (χ0v) is 9.56. The van der Waals surface area contributed by atoms with E-state index in [1.165, 1.54) is 31.4 Å². The third-order valence-electron chi connectivity index (χ3n) is 1.90. The Balaban J connectivity index is 2.77. The lowest BCUT2D eigenvalue weighted by Gasteiger charge is -2.02. The van der Waals surface area contributed by atoms with E-state index in [0.717, 1.165) is 0 Å². The van der Waals surface area contributed by atoms with Crippen LogP contribution in [0, 0.1) is 0 Å². The predicted octanol–water partition coefficient (Wildman–Crippen LogP) is 0.495. The van der Waals surface area contributed by atoms with Crippen LogP contribution in [0.15, 0.2) is 29.4 Å². The molecule has 90 valence electrons. The van der Waals surface area contributed by atoms with E-state index in [9.17, 15) is 9.59 Å². The number of nitrogens with zero attached hydrogens (tertiary/aromatic N) is 1. The number of hydrogen-bond donors (Lipinski definition) is 2. The van der Waals surface area contributed by atoms with E-state index < -0.39 is 11.9 Å². The number of ether oxygens (including phenoxy) is 1. The van der Waals surface area contributed by atoms with Gasteiger partial charge in [0.25, 0.3) is 5.91 Å². The molecule has 0 aliphatic heterocycles. The molecule has 0 radical (unpaired) electrons. The number of methoxy groups -OCH3 is 1. The molecule has 1 amide bonds. The average molecular weight is 235 g/mol. The largest absolute Gasteiger partial charge is 0.465 e. The fourth-order valence-electron chi connectivity index (χ4n) is 1.08. The van der Waals surface area contributed by atoms with Crippen LogP contribution in [-0.2, 0) is 4.74 Å². The Morgan fingerprint density at radius 3 is 2.24 bits per heavy atom. The number of amides is 1. The predicted molar refractivity (Wildman–Crippen MR) is 62.5 cm³/mol. The van der Waals surface area contributed by atoms with Crippen molar-refractivity contribution in [2.24, 2.45) is 10.8 Å². The number of benzene rings is 1. The zero-order valence-electron chi connectivity index (χ0n) is 9.56. The first kappa shape index (κ1) is 12.7. The summed E-state index contributed by atoms with van der Waals surface area (Å²) in [4.78, 5) is 22.7. The molecule has 6 nitrogen and oxygen atoms in total. The molecule has 0 atom stereocenters. The Morgan fingerprint density at radius 1 is 1.24 bits per heavy atom. The van der Waals surface area contributed by atoms with Crippen LogP contribution < -0.4 is 11.2 Å². The maximum Gasteiger partial charge on any atom is 0.337 e. The fraction of sp³-hybridized carbons (Fsp3) is 0.182. The minimum absolute atomic E-state index is 0.254. The van der Waals surface area contributed by atoms with Crippen molar-refractivity contribution in [2.45, 2.75) is 6.92 Å². The Kier molecular flexibility index (Phi) is 4.21. The third kappa shape index (κ3) is 3.60. The number of carbonyl (C=O) groups excluding carboxylic acids is 2. The van der Waals surface area contributed by atoms with E-state index in [2.05, 4.69) is 15.3 Å². The highest BCUT2D eigenvalue weighted by Gasteiger charge is 2.08. The first-order valence-corrected chi connectivity index (χ1v) is 4.83. The van der Waals surface area contributed by atoms with E-state index in [0.29, 0.717) is 11.1 Å². The molecule has 0 spiro atoms. The van der Waals surface area contributed by atoms with Crippen LogP contribution in [0.5, 0.6) is 0 Å². The van der Waals surface area contributed by atoms with Crippen molar-refractivity contribution in [2.75, 3.05) is 7.11 Å². The number of rotatable bonds is 3. The van der Waals surface area contributed by atoms with Gasteiger partial charge in [0.15, 0.2) is 0 Å². The second-order valence-electron chi connectivity index (χ2n) is 3.26. The van der Waals surface area contributed by atoms with Gasteiger partial charge in [0, 0.05) is 5.56 Å². The van der Waals surface area contributed by atoms with Gasteiger partial charge in [-0.1, -0.05) is 0 Å². The van der Waals surface area contributed by atoms with Crippen molar-refractivity contribution in [3.8, 4) is 0 Å². The molecule has 0 saturated heterocycles. The van der Waals surface area contributed by atoms with Crippen molar-refractivity contribution in [3.63, 3.8) is 0 Å². The van der Waals surface area contributed by atoms with Gasteiger partial charge in [-0.2, -0.15) is 5.10 Å². The standard InChI is InChI=1S/C11H13N3O3/c1-7(12)13-14-10(15)8-3-5-9(6-4-8)11(16)17-2/h3-6H,1-2H3,(H2,12,13)(H,14,15). The van der Waals surface area contributed by atoms with Gasteiger partial charge < -0.3 is 10.5 Å². The van der Waals surface area contributed by atoms with Crippen molar-refractivity contribution in [1.82, 2.24) is 5.43 Å². The molecule has 0 heterocycles. The van der Waals surface area contributed by atoms with Gasteiger partial charge in [0.1, 0.15) is 5.84 Å². The molecule has 6 heteroatoms. The van der Waals surface area contributed by atoms with Gasteiger partial charge in [-0.05, 0) is 31.2 Å². The molecular formula is C11H13N3O3. The zero-order chi connectivity index (χ0) is 12.8. The Hall–Kier alpha value is -2.37. The van der Waals surface area contributed by atoms with Crippen LogP contribution in [0.2, 0.25) is 0 Å². The van der Waals surface area contributed by atoms with Crippen LogP contribution in [0.25, 0.3) is 0 Å². The highest BCUT2D eigenvalue weighted by molar-refractivity contribution is 5.96.